The zero-order valence-electron chi connectivity index (χ0n) is 11.2. The van der Waals surface area contributed by atoms with Gasteiger partial charge in [0.15, 0.2) is 21.6 Å². The van der Waals surface area contributed by atoms with Crippen molar-refractivity contribution in [1.82, 2.24) is 24.2 Å². The molecule has 112 valence electrons. The maximum atomic E-state index is 12.5. The van der Waals surface area contributed by atoms with Crippen LogP contribution in [-0.4, -0.2) is 35.0 Å². The van der Waals surface area contributed by atoms with Crippen LogP contribution < -0.4 is 10.0 Å². The second-order valence-corrected chi connectivity index (χ2v) is 6.68. The van der Waals surface area contributed by atoms with Crippen molar-refractivity contribution in [2.45, 2.75) is 18.5 Å². The van der Waals surface area contributed by atoms with Crippen LogP contribution in [0.5, 0.6) is 0 Å². The Bertz CT molecular complexity index is 878. The highest BCUT2D eigenvalue weighted by Crippen LogP contribution is 2.25. The van der Waals surface area contributed by atoms with Crippen LogP contribution in [0.3, 0.4) is 0 Å². The molecule has 0 saturated carbocycles. The number of hydrogen-bond acceptors (Lipinski definition) is 8. The van der Waals surface area contributed by atoms with E-state index in [9.17, 15) is 8.42 Å². The first kappa shape index (κ1) is 14.0. The minimum absolute atomic E-state index is 0.0554. The minimum atomic E-state index is -3.77. The van der Waals surface area contributed by atoms with Gasteiger partial charge in [0.2, 0.25) is 5.89 Å². The lowest BCUT2D eigenvalue weighted by Gasteiger charge is -2.05. The van der Waals surface area contributed by atoms with Crippen molar-refractivity contribution in [2.24, 2.45) is 0 Å². The minimum Gasteiger partial charge on any atom is -0.371 e. The number of sulfonamides is 1. The Balaban J connectivity index is 1.94. The van der Waals surface area contributed by atoms with Crippen LogP contribution in [-0.2, 0) is 16.6 Å². The fourth-order valence-corrected chi connectivity index (χ4v) is 3.86. The lowest BCUT2D eigenvalue weighted by molar-refractivity contribution is 0.387. The molecule has 11 heteroatoms. The summed E-state index contributed by atoms with van der Waals surface area (Å²) in [5, 5.41) is 8.26. The van der Waals surface area contributed by atoms with Crippen LogP contribution in [0.1, 0.15) is 11.7 Å². The van der Waals surface area contributed by atoms with Gasteiger partial charge in [-0.05, 0) is 0 Å². The van der Waals surface area contributed by atoms with E-state index in [1.165, 1.54) is 15.7 Å². The van der Waals surface area contributed by atoms with Crippen LogP contribution in [0.25, 0.3) is 4.96 Å². The summed E-state index contributed by atoms with van der Waals surface area (Å²) >= 11 is 1.35. The number of aryl methyl sites for hydroxylation is 1. The summed E-state index contributed by atoms with van der Waals surface area (Å²) in [6.07, 6.45) is 1.65. The van der Waals surface area contributed by atoms with E-state index < -0.39 is 10.0 Å². The third-order valence-corrected chi connectivity index (χ3v) is 4.88. The highest BCUT2D eigenvalue weighted by molar-refractivity contribution is 7.89. The highest BCUT2D eigenvalue weighted by atomic mass is 32.2. The number of rotatable bonds is 5. The van der Waals surface area contributed by atoms with Crippen molar-refractivity contribution in [3.8, 4) is 0 Å². The van der Waals surface area contributed by atoms with Crippen molar-refractivity contribution in [1.29, 1.82) is 0 Å². The fraction of sp³-hybridized carbons (Fsp3) is 0.300. The van der Waals surface area contributed by atoms with E-state index in [1.54, 1.807) is 25.5 Å². The molecule has 2 N–H and O–H groups in total. The van der Waals surface area contributed by atoms with E-state index in [-0.39, 0.29) is 17.4 Å². The molecule has 0 radical (unpaired) electrons. The van der Waals surface area contributed by atoms with Crippen LogP contribution in [0, 0.1) is 6.92 Å². The summed E-state index contributed by atoms with van der Waals surface area (Å²) in [6, 6.07) is 0. The standard InChI is InChI=1S/C10H12N6O3S2/c1-6-13-7(15-19-6)5-12-21(17,18)9-8(11-2)14-10-16(9)3-4-20-10/h3-4,11-12H,5H2,1-2H3. The molecule has 0 saturated heterocycles. The molecule has 3 aromatic heterocycles. The molecule has 9 nitrogen and oxygen atoms in total. The molecule has 0 amide bonds. The smallest absolute Gasteiger partial charge is 0.260 e. The van der Waals surface area contributed by atoms with Gasteiger partial charge in [-0.3, -0.25) is 4.40 Å². The Kier molecular flexibility index (Phi) is 3.39. The van der Waals surface area contributed by atoms with Gasteiger partial charge in [-0.15, -0.1) is 11.3 Å². The predicted octanol–water partition coefficient (Wildman–Crippen LogP) is 0.607. The van der Waals surface area contributed by atoms with E-state index in [0.29, 0.717) is 16.7 Å². The first-order valence-electron chi connectivity index (χ1n) is 5.93. The van der Waals surface area contributed by atoms with Crippen molar-refractivity contribution in [3.05, 3.63) is 23.3 Å². The molecule has 0 aliphatic rings. The third-order valence-electron chi connectivity index (χ3n) is 2.70. The average Bonchev–Trinajstić information content (AvgIpc) is 3.10. The first-order chi connectivity index (χ1) is 10.0. The third kappa shape index (κ3) is 2.50. The van der Waals surface area contributed by atoms with Crippen molar-refractivity contribution in [2.75, 3.05) is 12.4 Å². The van der Waals surface area contributed by atoms with Gasteiger partial charge >= 0.3 is 0 Å². The molecule has 3 aromatic rings. The number of fused-ring (bicyclic) bond motifs is 1. The van der Waals surface area contributed by atoms with Gasteiger partial charge in [0.25, 0.3) is 10.0 Å². The Morgan fingerprint density at radius 2 is 2.24 bits per heavy atom. The van der Waals surface area contributed by atoms with E-state index >= 15 is 0 Å². The van der Waals surface area contributed by atoms with Crippen molar-refractivity contribution in [3.63, 3.8) is 0 Å². The van der Waals surface area contributed by atoms with Gasteiger partial charge in [0.1, 0.15) is 0 Å². The van der Waals surface area contributed by atoms with Crippen LogP contribution in [0.2, 0.25) is 0 Å². The van der Waals surface area contributed by atoms with E-state index in [2.05, 4.69) is 25.2 Å². The summed E-state index contributed by atoms with van der Waals surface area (Å²) < 4.78 is 33.7. The van der Waals surface area contributed by atoms with E-state index in [1.807, 2.05) is 0 Å². The summed E-state index contributed by atoms with van der Waals surface area (Å²) in [5.41, 5.74) is 0. The second kappa shape index (κ2) is 5.09. The number of nitrogens with zero attached hydrogens (tertiary/aromatic N) is 4. The second-order valence-electron chi connectivity index (χ2n) is 4.13. The zero-order valence-corrected chi connectivity index (χ0v) is 12.8. The molecule has 0 aliphatic heterocycles. The molecular weight excluding hydrogens is 316 g/mol. The Hall–Kier alpha value is -1.98. The molecule has 3 heterocycles. The zero-order chi connectivity index (χ0) is 15.0. The number of imidazole rings is 1. The lowest BCUT2D eigenvalue weighted by Crippen LogP contribution is -2.25. The Morgan fingerprint density at radius 3 is 2.90 bits per heavy atom. The average molecular weight is 328 g/mol. The van der Waals surface area contributed by atoms with Crippen molar-refractivity contribution >= 4 is 32.1 Å². The van der Waals surface area contributed by atoms with Crippen LogP contribution in [0.4, 0.5) is 5.82 Å². The first-order valence-corrected chi connectivity index (χ1v) is 8.29. The molecule has 21 heavy (non-hydrogen) atoms. The molecule has 0 fully saturated rings. The predicted molar refractivity (Wildman–Crippen MR) is 75.7 cm³/mol. The summed E-state index contributed by atoms with van der Waals surface area (Å²) in [4.78, 5) is 8.76. The SMILES string of the molecule is CNc1nc2sccn2c1S(=O)(=O)NCc1noc(C)n1. The number of hydrogen-bond donors (Lipinski definition) is 2. The largest absolute Gasteiger partial charge is 0.371 e. The maximum Gasteiger partial charge on any atom is 0.260 e. The number of nitrogens with one attached hydrogen (secondary N) is 2. The number of aromatic nitrogens is 4. The molecule has 0 unspecified atom stereocenters. The molecule has 0 spiro atoms. The van der Waals surface area contributed by atoms with Crippen molar-refractivity contribution < 1.29 is 12.9 Å². The molecular formula is C10H12N6O3S2. The van der Waals surface area contributed by atoms with Gasteiger partial charge in [-0.25, -0.2) is 18.1 Å². The number of thiazole rings is 1. The van der Waals surface area contributed by atoms with E-state index in [0.717, 1.165) is 0 Å². The molecule has 0 aromatic carbocycles. The monoisotopic (exact) mass is 328 g/mol. The summed E-state index contributed by atoms with van der Waals surface area (Å²) in [7, 11) is -2.15. The molecule has 3 rings (SSSR count). The molecule has 0 bridgehead atoms. The van der Waals surface area contributed by atoms with Crippen LogP contribution in [0.15, 0.2) is 21.1 Å². The summed E-state index contributed by atoms with van der Waals surface area (Å²) in [6.45, 7) is 1.58. The van der Waals surface area contributed by atoms with Gasteiger partial charge < -0.3 is 9.84 Å². The van der Waals surface area contributed by atoms with E-state index in [4.69, 9.17) is 4.52 Å². The summed E-state index contributed by atoms with van der Waals surface area (Å²) in [5.74, 6) is 0.941. The topological polar surface area (TPSA) is 114 Å². The normalized spacial score (nSPS) is 12.1. The van der Waals surface area contributed by atoms with Crippen LogP contribution >= 0.6 is 11.3 Å². The fourth-order valence-electron chi connectivity index (χ4n) is 1.83. The van der Waals surface area contributed by atoms with Gasteiger partial charge in [0.05, 0.1) is 6.54 Å². The molecule has 0 aliphatic carbocycles. The van der Waals surface area contributed by atoms with Gasteiger partial charge in [-0.1, -0.05) is 5.16 Å². The highest BCUT2D eigenvalue weighted by Gasteiger charge is 2.25. The Labute approximate surface area is 124 Å². The van der Waals surface area contributed by atoms with Gasteiger partial charge in [-0.2, -0.15) is 4.98 Å². The quantitative estimate of drug-likeness (QED) is 0.705. The lowest BCUT2D eigenvalue weighted by atomic mass is 10.6. The number of anilines is 1. The van der Waals surface area contributed by atoms with Gasteiger partial charge in [0, 0.05) is 25.5 Å². The maximum absolute atomic E-state index is 12.5. The Morgan fingerprint density at radius 1 is 1.43 bits per heavy atom. The molecule has 0 atom stereocenters.